The molecular weight excluding hydrogens is 466 g/mol. The Labute approximate surface area is 185 Å². The van der Waals surface area contributed by atoms with Crippen molar-refractivity contribution < 1.29 is 13.6 Å². The lowest BCUT2D eigenvalue weighted by Gasteiger charge is -2.05. The summed E-state index contributed by atoms with van der Waals surface area (Å²) in [5.74, 6) is -1.69. The second-order valence-corrected chi connectivity index (χ2v) is 8.70. The first-order chi connectivity index (χ1) is 15.2. The van der Waals surface area contributed by atoms with Crippen molar-refractivity contribution in [3.8, 4) is 0 Å². The number of anilines is 2. The number of fused-ring (bicyclic) bond motifs is 1. The third-order valence-electron chi connectivity index (χ3n) is 4.42. The van der Waals surface area contributed by atoms with Gasteiger partial charge in [-0.2, -0.15) is 0 Å². The monoisotopic (exact) mass is 480 g/mol. The lowest BCUT2D eigenvalue weighted by Crippen LogP contribution is -2.37. The number of urea groups is 1. The predicted molar refractivity (Wildman–Crippen MR) is 114 cm³/mol. The summed E-state index contributed by atoms with van der Waals surface area (Å²) in [5.41, 5.74) is -0.695. The van der Waals surface area contributed by atoms with E-state index in [9.17, 15) is 23.2 Å². The average Bonchev–Trinajstić information content (AvgIpc) is 3.31. The van der Waals surface area contributed by atoms with Crippen LogP contribution in [0.5, 0.6) is 0 Å². The number of halogens is 2. The molecule has 0 radical (unpaired) electrons. The summed E-state index contributed by atoms with van der Waals surface area (Å²) in [6.45, 7) is 0. The van der Waals surface area contributed by atoms with E-state index in [4.69, 9.17) is 0 Å². The number of carbonyl (C=O) groups is 1. The Kier molecular flexibility index (Phi) is 5.52. The largest absolute Gasteiger partial charge is 0.332 e. The summed E-state index contributed by atoms with van der Waals surface area (Å²) < 4.78 is 30.8. The van der Waals surface area contributed by atoms with Crippen LogP contribution in [0.3, 0.4) is 0 Å². The molecule has 166 valence electrons. The molecule has 0 aliphatic carbocycles. The molecule has 0 atom stereocenters. The van der Waals surface area contributed by atoms with Gasteiger partial charge in [0.2, 0.25) is 5.13 Å². The maximum atomic E-state index is 13.7. The second-order valence-electron chi connectivity index (χ2n) is 6.51. The highest BCUT2D eigenvalue weighted by Gasteiger charge is 2.19. The van der Waals surface area contributed by atoms with E-state index in [1.807, 2.05) is 0 Å². The van der Waals surface area contributed by atoms with Crippen molar-refractivity contribution in [3.05, 3.63) is 50.7 Å². The number of rotatable bonds is 4. The molecule has 32 heavy (non-hydrogen) atoms. The zero-order chi connectivity index (χ0) is 23.2. The molecule has 0 bridgehead atoms. The number of imidazole rings is 1. The third kappa shape index (κ3) is 3.87. The molecule has 3 aromatic heterocycles. The minimum absolute atomic E-state index is 0.120. The van der Waals surface area contributed by atoms with Gasteiger partial charge in [-0.05, 0) is 23.9 Å². The Balaban J connectivity index is 1.53. The number of carbonyl (C=O) groups excluding carboxylic acids is 1. The van der Waals surface area contributed by atoms with Gasteiger partial charge in [0.05, 0.1) is 5.69 Å². The van der Waals surface area contributed by atoms with E-state index in [1.165, 1.54) is 18.7 Å². The zero-order valence-corrected chi connectivity index (χ0v) is 18.3. The molecule has 1 aromatic carbocycles. The topological polar surface area (TPSA) is 129 Å². The van der Waals surface area contributed by atoms with Crippen LogP contribution in [0.25, 0.3) is 11.2 Å². The van der Waals surface area contributed by atoms with Crippen LogP contribution in [0.15, 0.2) is 37.3 Å². The van der Waals surface area contributed by atoms with Gasteiger partial charge in [-0.15, -0.1) is 10.2 Å². The first-order valence-electron chi connectivity index (χ1n) is 8.82. The van der Waals surface area contributed by atoms with Crippen LogP contribution in [-0.2, 0) is 21.1 Å². The van der Waals surface area contributed by atoms with E-state index in [2.05, 4.69) is 25.8 Å². The fourth-order valence-corrected chi connectivity index (χ4v) is 4.51. The fourth-order valence-electron chi connectivity index (χ4n) is 2.81. The number of nitrogens with one attached hydrogen (secondary N) is 2. The Bertz CT molecular complexity index is 1490. The van der Waals surface area contributed by atoms with Crippen molar-refractivity contribution in [2.75, 3.05) is 10.6 Å². The van der Waals surface area contributed by atoms with Crippen LogP contribution in [-0.4, -0.2) is 34.9 Å². The number of hydrogen-bond donors (Lipinski definition) is 2. The van der Waals surface area contributed by atoms with Gasteiger partial charge in [0.15, 0.2) is 20.7 Å². The van der Waals surface area contributed by atoms with Crippen molar-refractivity contribution in [3.63, 3.8) is 0 Å². The van der Waals surface area contributed by atoms with E-state index in [0.29, 0.717) is 15.6 Å². The number of nitrogens with zero attached hydrogens (tertiary/aromatic N) is 6. The number of amides is 2. The standard InChI is InChI=1S/C17H14F2N8O3S2/c1-25-10-11(26(2)17(30)27(3)12(10)28)21-15(25)32-16-24-23-14(31-16)22-13(29)20-9-5-4-7(18)6-8(9)19/h4-6H,1-3H3,(H2,20,22,23,29). The molecule has 4 aromatic rings. The first-order valence-corrected chi connectivity index (χ1v) is 10.5. The lowest BCUT2D eigenvalue weighted by atomic mass is 10.3. The van der Waals surface area contributed by atoms with Gasteiger partial charge in [0, 0.05) is 27.2 Å². The van der Waals surface area contributed by atoms with E-state index in [0.717, 1.165) is 39.8 Å². The summed E-state index contributed by atoms with van der Waals surface area (Å²) in [4.78, 5) is 41.0. The van der Waals surface area contributed by atoms with Crippen LogP contribution in [0, 0.1) is 11.6 Å². The van der Waals surface area contributed by atoms with E-state index in [-0.39, 0.29) is 22.0 Å². The lowest BCUT2D eigenvalue weighted by molar-refractivity contribution is 0.262. The normalized spacial score (nSPS) is 11.2. The molecule has 0 aliphatic rings. The van der Waals surface area contributed by atoms with Gasteiger partial charge in [-0.25, -0.2) is 23.4 Å². The quantitative estimate of drug-likeness (QED) is 0.427. The Morgan fingerprint density at radius 3 is 2.53 bits per heavy atom. The molecule has 2 N–H and O–H groups in total. The number of aromatic nitrogens is 6. The summed E-state index contributed by atoms with van der Waals surface area (Å²) in [5, 5.41) is 13.0. The van der Waals surface area contributed by atoms with Gasteiger partial charge in [0.1, 0.15) is 11.6 Å². The van der Waals surface area contributed by atoms with Gasteiger partial charge in [0.25, 0.3) is 5.56 Å². The molecule has 0 saturated carbocycles. The summed E-state index contributed by atoms with van der Waals surface area (Å²) in [6, 6.07) is 1.96. The van der Waals surface area contributed by atoms with Crippen LogP contribution >= 0.6 is 23.1 Å². The molecule has 15 heteroatoms. The molecule has 0 saturated heterocycles. The molecular formula is C17H14F2N8O3S2. The summed E-state index contributed by atoms with van der Waals surface area (Å²) >= 11 is 2.10. The maximum absolute atomic E-state index is 13.7. The SMILES string of the molecule is Cn1c(=O)c2c(nc(Sc3nnc(NC(=O)Nc4ccc(F)cc4F)s3)n2C)n(C)c1=O. The summed E-state index contributed by atoms with van der Waals surface area (Å²) in [7, 11) is 4.53. The minimum Gasteiger partial charge on any atom is -0.316 e. The molecule has 0 aliphatic heterocycles. The number of aryl methyl sites for hydroxylation is 2. The highest BCUT2D eigenvalue weighted by Crippen LogP contribution is 2.32. The highest BCUT2D eigenvalue weighted by atomic mass is 32.2. The van der Waals surface area contributed by atoms with Crippen LogP contribution in [0.2, 0.25) is 0 Å². The van der Waals surface area contributed by atoms with Crippen LogP contribution < -0.4 is 21.9 Å². The van der Waals surface area contributed by atoms with E-state index >= 15 is 0 Å². The molecule has 3 heterocycles. The van der Waals surface area contributed by atoms with Gasteiger partial charge < -0.3 is 9.88 Å². The van der Waals surface area contributed by atoms with E-state index in [1.54, 1.807) is 11.6 Å². The molecule has 4 rings (SSSR count). The summed E-state index contributed by atoms with van der Waals surface area (Å²) in [6.07, 6.45) is 0. The number of hydrogen-bond acceptors (Lipinski definition) is 8. The Morgan fingerprint density at radius 2 is 1.81 bits per heavy atom. The van der Waals surface area contributed by atoms with Gasteiger partial charge in [-0.1, -0.05) is 11.3 Å². The van der Waals surface area contributed by atoms with Crippen LogP contribution in [0.1, 0.15) is 0 Å². The maximum Gasteiger partial charge on any atom is 0.332 e. The van der Waals surface area contributed by atoms with Crippen molar-refractivity contribution in [1.29, 1.82) is 0 Å². The molecule has 0 unspecified atom stereocenters. The molecule has 11 nitrogen and oxygen atoms in total. The van der Waals surface area contributed by atoms with Crippen molar-refractivity contribution in [1.82, 2.24) is 28.9 Å². The predicted octanol–water partition coefficient (Wildman–Crippen LogP) is 1.90. The number of benzene rings is 1. The van der Waals surface area contributed by atoms with Crippen molar-refractivity contribution in [2.24, 2.45) is 21.1 Å². The van der Waals surface area contributed by atoms with Gasteiger partial charge >= 0.3 is 11.7 Å². The fraction of sp³-hybridized carbons (Fsp3) is 0.176. The van der Waals surface area contributed by atoms with Crippen molar-refractivity contribution >= 4 is 51.1 Å². The average molecular weight is 480 g/mol. The Morgan fingerprint density at radius 1 is 1.06 bits per heavy atom. The zero-order valence-electron chi connectivity index (χ0n) is 16.7. The first kappa shape index (κ1) is 21.6. The van der Waals surface area contributed by atoms with Crippen molar-refractivity contribution in [2.45, 2.75) is 9.50 Å². The smallest absolute Gasteiger partial charge is 0.316 e. The van der Waals surface area contributed by atoms with E-state index < -0.39 is 28.9 Å². The molecule has 2 amide bonds. The second kappa shape index (κ2) is 8.16. The minimum atomic E-state index is -0.920. The molecule has 0 fully saturated rings. The van der Waals surface area contributed by atoms with Crippen LogP contribution in [0.4, 0.5) is 24.4 Å². The third-order valence-corrected chi connectivity index (χ3v) is 6.36. The highest BCUT2D eigenvalue weighted by molar-refractivity contribution is 8.01. The Hall–Kier alpha value is -3.59. The molecule has 0 spiro atoms. The van der Waals surface area contributed by atoms with Gasteiger partial charge in [-0.3, -0.25) is 19.2 Å².